The first-order chi connectivity index (χ1) is 13.6. The van der Waals surface area contributed by atoms with E-state index in [0.29, 0.717) is 41.0 Å². The second-order valence-electron chi connectivity index (χ2n) is 5.87. The zero-order chi connectivity index (χ0) is 19.5. The fourth-order valence-electron chi connectivity index (χ4n) is 2.66. The van der Waals surface area contributed by atoms with Crippen LogP contribution in [0.2, 0.25) is 5.02 Å². The van der Waals surface area contributed by atoms with Crippen LogP contribution in [-0.4, -0.2) is 40.2 Å². The van der Waals surface area contributed by atoms with Crippen molar-refractivity contribution in [2.75, 3.05) is 13.2 Å². The number of fused-ring (bicyclic) bond motifs is 1. The Hall–Kier alpha value is -3.52. The third-order valence-corrected chi connectivity index (χ3v) is 4.21. The summed E-state index contributed by atoms with van der Waals surface area (Å²) in [5.41, 5.74) is 3.53. The van der Waals surface area contributed by atoms with Gasteiger partial charge in [0.15, 0.2) is 22.9 Å². The van der Waals surface area contributed by atoms with Crippen LogP contribution in [0.25, 0.3) is 5.69 Å². The Morgan fingerprint density at radius 3 is 2.86 bits per heavy atom. The smallest absolute Gasteiger partial charge is 0.295 e. The minimum absolute atomic E-state index is 0.138. The maximum absolute atomic E-state index is 12.3. The van der Waals surface area contributed by atoms with Crippen LogP contribution >= 0.6 is 11.6 Å². The first kappa shape index (κ1) is 17.9. The Bertz CT molecular complexity index is 1050. The highest BCUT2D eigenvalue weighted by Gasteiger charge is 2.18. The Morgan fingerprint density at radius 1 is 1.25 bits per heavy atom. The molecule has 0 atom stereocenters. The number of rotatable bonds is 4. The summed E-state index contributed by atoms with van der Waals surface area (Å²) in [6.07, 6.45) is 2.77. The van der Waals surface area contributed by atoms with E-state index in [2.05, 4.69) is 15.6 Å². The number of carbonyl (C=O) groups is 1. The molecule has 28 heavy (non-hydrogen) atoms. The lowest BCUT2D eigenvalue weighted by Gasteiger charge is -2.19. The molecule has 0 spiro atoms. The third kappa shape index (κ3) is 3.63. The van der Waals surface area contributed by atoms with E-state index in [0.717, 1.165) is 0 Å². The summed E-state index contributed by atoms with van der Waals surface area (Å²) in [4.78, 5) is 12.3. The van der Waals surface area contributed by atoms with E-state index in [9.17, 15) is 9.90 Å². The number of para-hydroxylation sites is 1. The number of hydrogen-bond acceptors (Lipinski definition) is 6. The quantitative estimate of drug-likeness (QED) is 0.520. The minimum atomic E-state index is -0.646. The lowest BCUT2D eigenvalue weighted by molar-refractivity contribution is 0.0947. The molecule has 0 fully saturated rings. The molecule has 0 radical (unpaired) electrons. The zero-order valence-electron chi connectivity index (χ0n) is 14.5. The Balaban J connectivity index is 1.48. The van der Waals surface area contributed by atoms with Gasteiger partial charge in [0.2, 0.25) is 0 Å². The average molecular weight is 399 g/mol. The van der Waals surface area contributed by atoms with E-state index >= 15 is 0 Å². The van der Waals surface area contributed by atoms with Gasteiger partial charge >= 0.3 is 0 Å². The highest BCUT2D eigenvalue weighted by molar-refractivity contribution is 6.32. The lowest BCUT2D eigenvalue weighted by Crippen LogP contribution is -2.19. The van der Waals surface area contributed by atoms with Crippen LogP contribution in [0.1, 0.15) is 16.1 Å². The highest BCUT2D eigenvalue weighted by atomic mass is 35.5. The summed E-state index contributed by atoms with van der Waals surface area (Å²) in [5, 5.41) is 18.4. The molecular formula is C19H15ClN4O4. The molecule has 0 bridgehead atoms. The molecule has 8 nitrogen and oxygen atoms in total. The van der Waals surface area contributed by atoms with Crippen LogP contribution in [0.15, 0.2) is 53.8 Å². The maximum Gasteiger partial charge on any atom is 0.295 e. The number of nitrogens with zero attached hydrogens (tertiary/aromatic N) is 3. The monoisotopic (exact) mass is 398 g/mol. The van der Waals surface area contributed by atoms with Gasteiger partial charge in [0.1, 0.15) is 13.2 Å². The molecule has 142 valence electrons. The molecule has 0 saturated carbocycles. The number of hydrazone groups is 1. The first-order valence-corrected chi connectivity index (χ1v) is 8.76. The third-order valence-electron chi connectivity index (χ3n) is 3.93. The van der Waals surface area contributed by atoms with Gasteiger partial charge in [0.05, 0.1) is 23.1 Å². The maximum atomic E-state index is 12.3. The number of aromatic hydroxyl groups is 1. The van der Waals surface area contributed by atoms with E-state index in [1.807, 2.05) is 18.2 Å². The molecule has 1 aliphatic rings. The van der Waals surface area contributed by atoms with Gasteiger partial charge in [-0.25, -0.2) is 10.1 Å². The van der Waals surface area contributed by atoms with Crippen molar-refractivity contribution in [3.8, 4) is 22.9 Å². The first-order valence-electron chi connectivity index (χ1n) is 8.38. The Labute approximate surface area is 165 Å². The fraction of sp³-hybridized carbons (Fsp3) is 0.105. The number of carbonyl (C=O) groups excluding carboxylic acids is 1. The number of aromatic nitrogens is 2. The van der Waals surface area contributed by atoms with E-state index in [-0.39, 0.29) is 11.4 Å². The topological polar surface area (TPSA) is 98.0 Å². The van der Waals surface area contributed by atoms with Gasteiger partial charge in [-0.1, -0.05) is 29.8 Å². The second-order valence-corrected chi connectivity index (χ2v) is 6.28. The largest absolute Gasteiger partial charge is 0.504 e. The number of ether oxygens (including phenoxy) is 2. The number of nitrogens with one attached hydrogen (secondary N) is 1. The van der Waals surface area contributed by atoms with Gasteiger partial charge in [-0.05, 0) is 29.8 Å². The van der Waals surface area contributed by atoms with Crippen molar-refractivity contribution < 1.29 is 19.4 Å². The summed E-state index contributed by atoms with van der Waals surface area (Å²) in [6.45, 7) is 0.874. The molecule has 0 saturated heterocycles. The molecular weight excluding hydrogens is 384 g/mol. The highest BCUT2D eigenvalue weighted by Crippen LogP contribution is 2.37. The van der Waals surface area contributed by atoms with Crippen LogP contribution in [-0.2, 0) is 0 Å². The van der Waals surface area contributed by atoms with Crippen LogP contribution in [0, 0.1) is 0 Å². The number of hydrogen-bond donors (Lipinski definition) is 2. The zero-order valence-corrected chi connectivity index (χ0v) is 15.3. The van der Waals surface area contributed by atoms with E-state index in [1.54, 1.807) is 24.3 Å². The van der Waals surface area contributed by atoms with Crippen LogP contribution in [0.3, 0.4) is 0 Å². The van der Waals surface area contributed by atoms with E-state index < -0.39 is 5.91 Å². The number of halogens is 1. The van der Waals surface area contributed by atoms with Crippen LogP contribution in [0.5, 0.6) is 17.2 Å². The van der Waals surface area contributed by atoms with Gasteiger partial charge in [-0.2, -0.15) is 10.2 Å². The minimum Gasteiger partial charge on any atom is -0.504 e. The van der Waals surface area contributed by atoms with Crippen molar-refractivity contribution in [3.63, 3.8) is 0 Å². The lowest BCUT2D eigenvalue weighted by atomic mass is 10.2. The van der Waals surface area contributed by atoms with Gasteiger partial charge in [0, 0.05) is 0 Å². The molecule has 0 unspecified atom stereocenters. The Morgan fingerprint density at radius 2 is 2.04 bits per heavy atom. The van der Waals surface area contributed by atoms with Crippen LogP contribution in [0.4, 0.5) is 0 Å². The molecule has 2 aromatic carbocycles. The summed E-state index contributed by atoms with van der Waals surface area (Å²) in [6, 6.07) is 12.5. The fourth-order valence-corrected chi connectivity index (χ4v) is 2.94. The molecule has 0 aliphatic carbocycles. The molecule has 1 amide bonds. The average Bonchev–Trinajstić information content (AvgIpc) is 3.10. The van der Waals surface area contributed by atoms with Gasteiger partial charge < -0.3 is 14.6 Å². The molecule has 2 N–H and O–H groups in total. The van der Waals surface area contributed by atoms with Crippen molar-refractivity contribution in [2.24, 2.45) is 5.10 Å². The standard InChI is InChI=1S/C19H15ClN4O4/c20-14-8-12(9-16-18(14)28-7-6-27-16)10-21-22-19(26)17-15(25)11-24(23-17)13-4-2-1-3-5-13/h1-5,8-11,25H,6-7H2,(H,22,26)/b21-10-. The van der Waals surface area contributed by atoms with Crippen LogP contribution < -0.4 is 14.9 Å². The van der Waals surface area contributed by atoms with E-state index in [4.69, 9.17) is 21.1 Å². The second kappa shape index (κ2) is 7.61. The van der Waals surface area contributed by atoms with Crippen molar-refractivity contribution in [2.45, 2.75) is 0 Å². The normalized spacial score (nSPS) is 12.9. The SMILES string of the molecule is O=C(N/N=C\c1cc(Cl)c2c(c1)OCCO2)c1nn(-c2ccccc2)cc1O. The summed E-state index contributed by atoms with van der Waals surface area (Å²) >= 11 is 6.17. The molecule has 1 aliphatic heterocycles. The van der Waals surface area contributed by atoms with Crippen molar-refractivity contribution in [3.05, 3.63) is 64.9 Å². The summed E-state index contributed by atoms with van der Waals surface area (Å²) < 4.78 is 12.4. The van der Waals surface area contributed by atoms with Crippen molar-refractivity contribution in [1.82, 2.24) is 15.2 Å². The van der Waals surface area contributed by atoms with E-state index in [1.165, 1.54) is 17.1 Å². The molecule has 4 rings (SSSR count). The number of amides is 1. The predicted octanol–water partition coefficient (Wildman–Crippen LogP) is 2.77. The number of benzene rings is 2. The summed E-state index contributed by atoms with van der Waals surface area (Å²) in [7, 11) is 0. The van der Waals surface area contributed by atoms with Crippen molar-refractivity contribution in [1.29, 1.82) is 0 Å². The van der Waals surface area contributed by atoms with Gasteiger partial charge in [-0.3, -0.25) is 4.79 Å². The molecule has 3 aromatic rings. The van der Waals surface area contributed by atoms with Gasteiger partial charge in [0.25, 0.3) is 5.91 Å². The Kier molecular flexibility index (Phi) is 4.86. The predicted molar refractivity (Wildman–Crippen MR) is 103 cm³/mol. The molecule has 1 aromatic heterocycles. The molecule has 9 heteroatoms. The molecule has 2 heterocycles. The van der Waals surface area contributed by atoms with Crippen molar-refractivity contribution >= 4 is 23.7 Å². The summed E-state index contributed by atoms with van der Waals surface area (Å²) in [5.74, 6) is 0.113. The van der Waals surface area contributed by atoms with Gasteiger partial charge in [-0.15, -0.1) is 0 Å².